The van der Waals surface area contributed by atoms with Crippen molar-refractivity contribution in [1.29, 1.82) is 0 Å². The van der Waals surface area contributed by atoms with Crippen molar-refractivity contribution in [2.24, 2.45) is 0 Å². The molecule has 0 N–H and O–H groups in total. The van der Waals surface area contributed by atoms with Gasteiger partial charge in [0.05, 0.1) is 28.8 Å². The van der Waals surface area contributed by atoms with Gasteiger partial charge in [0.2, 0.25) is 9.84 Å². The first kappa shape index (κ1) is 24.7. The molecule has 0 saturated carbocycles. The second-order valence-corrected chi connectivity index (χ2v) is 13.0. The maximum Gasteiger partial charge on any atom is 0.383 e. The minimum atomic E-state index is -4.95. The summed E-state index contributed by atoms with van der Waals surface area (Å²) in [5.74, 6) is -0.913. The van der Waals surface area contributed by atoms with Crippen LogP contribution in [0, 0.1) is 0 Å². The Morgan fingerprint density at radius 1 is 0.833 bits per heavy atom. The molecule has 2 aromatic carbocycles. The lowest BCUT2D eigenvalue weighted by Crippen LogP contribution is -2.37. The molecule has 166 valence electrons. The molecular weight excluding hydrogens is 454 g/mol. The fourth-order valence-corrected chi connectivity index (χ4v) is 9.00. The van der Waals surface area contributed by atoms with Gasteiger partial charge in [-0.3, -0.25) is 4.57 Å². The van der Waals surface area contributed by atoms with Crippen LogP contribution < -0.4 is 0 Å². The Kier molecular flexibility index (Phi) is 7.98. The predicted molar refractivity (Wildman–Crippen MR) is 111 cm³/mol. The van der Waals surface area contributed by atoms with E-state index in [9.17, 15) is 21.4 Å². The SMILES string of the molecule is CCOP(=O)(OCC)[C@@](F)(CCS(=O)(=O)c1ccccc1)S(=O)(=O)c1ccccc1. The van der Waals surface area contributed by atoms with Gasteiger partial charge in [-0.1, -0.05) is 36.4 Å². The summed E-state index contributed by atoms with van der Waals surface area (Å²) < 4.78 is 87.8. The van der Waals surface area contributed by atoms with Crippen LogP contribution in [0.15, 0.2) is 70.5 Å². The average Bonchev–Trinajstić information content (AvgIpc) is 2.73. The predicted octanol–water partition coefficient (Wildman–Crippen LogP) is 4.21. The topological polar surface area (TPSA) is 104 Å². The van der Waals surface area contributed by atoms with Crippen molar-refractivity contribution in [3.63, 3.8) is 0 Å². The molecular formula is C19H24FO7PS2. The molecule has 0 aliphatic carbocycles. The van der Waals surface area contributed by atoms with E-state index in [1.165, 1.54) is 56.3 Å². The lowest BCUT2D eigenvalue weighted by atomic mass is 10.4. The molecule has 2 aromatic rings. The number of alkyl halides is 1. The zero-order chi connectivity index (χ0) is 22.5. The van der Waals surface area contributed by atoms with E-state index in [4.69, 9.17) is 9.05 Å². The maximum absolute atomic E-state index is 16.4. The molecule has 0 fully saturated rings. The third-order valence-electron chi connectivity index (χ3n) is 4.25. The number of sulfone groups is 2. The molecule has 11 heteroatoms. The van der Waals surface area contributed by atoms with Crippen molar-refractivity contribution in [2.45, 2.75) is 34.8 Å². The molecule has 0 saturated heterocycles. The second-order valence-electron chi connectivity index (χ2n) is 6.22. The van der Waals surface area contributed by atoms with Crippen LogP contribution in [0.3, 0.4) is 0 Å². The highest BCUT2D eigenvalue weighted by molar-refractivity contribution is 7.99. The van der Waals surface area contributed by atoms with Crippen molar-refractivity contribution < 1.29 is 34.8 Å². The zero-order valence-electron chi connectivity index (χ0n) is 16.6. The van der Waals surface area contributed by atoms with Gasteiger partial charge in [0, 0.05) is 6.42 Å². The molecule has 30 heavy (non-hydrogen) atoms. The van der Waals surface area contributed by atoms with Crippen LogP contribution in [0.5, 0.6) is 0 Å². The van der Waals surface area contributed by atoms with Crippen molar-refractivity contribution in [2.75, 3.05) is 19.0 Å². The van der Waals surface area contributed by atoms with Crippen LogP contribution in [0.2, 0.25) is 0 Å². The van der Waals surface area contributed by atoms with E-state index < -0.39 is 49.1 Å². The minimum Gasteiger partial charge on any atom is -0.306 e. The van der Waals surface area contributed by atoms with E-state index in [-0.39, 0.29) is 18.1 Å². The summed E-state index contributed by atoms with van der Waals surface area (Å²) in [6.07, 6.45) is -1.13. The lowest BCUT2D eigenvalue weighted by molar-refractivity contribution is 0.174. The monoisotopic (exact) mass is 478 g/mol. The average molecular weight is 479 g/mol. The van der Waals surface area contributed by atoms with Crippen molar-refractivity contribution in [1.82, 2.24) is 0 Å². The van der Waals surface area contributed by atoms with Crippen LogP contribution in [-0.4, -0.2) is 40.5 Å². The van der Waals surface area contributed by atoms with Crippen LogP contribution in [0.4, 0.5) is 4.39 Å². The first-order valence-corrected chi connectivity index (χ1v) is 13.9. The Hall–Kier alpha value is -1.58. The number of rotatable bonds is 11. The van der Waals surface area contributed by atoms with E-state index in [1.54, 1.807) is 6.07 Å². The highest BCUT2D eigenvalue weighted by atomic mass is 32.2. The normalized spacial score (nSPS) is 14.9. The molecule has 7 nitrogen and oxygen atoms in total. The van der Waals surface area contributed by atoms with Crippen molar-refractivity contribution >= 4 is 27.3 Å². The van der Waals surface area contributed by atoms with E-state index in [2.05, 4.69) is 0 Å². The standard InChI is InChI=1S/C19H24FO7PS2/c1-3-26-28(21,27-4-2)19(20,30(24,25)18-13-9-6-10-14-18)15-16-29(22,23)17-11-7-5-8-12-17/h5-14H,3-4,15-16H2,1-2H3/t19-/m0/s1. The van der Waals surface area contributed by atoms with Gasteiger partial charge in [-0.15, -0.1) is 0 Å². The van der Waals surface area contributed by atoms with Crippen molar-refractivity contribution in [3.8, 4) is 0 Å². The maximum atomic E-state index is 16.4. The lowest BCUT2D eigenvalue weighted by Gasteiger charge is -2.31. The van der Waals surface area contributed by atoms with Crippen LogP contribution in [0.1, 0.15) is 20.3 Å². The van der Waals surface area contributed by atoms with E-state index in [1.807, 2.05) is 0 Å². The van der Waals surface area contributed by atoms with Gasteiger partial charge in [0.1, 0.15) is 0 Å². The molecule has 0 amide bonds. The van der Waals surface area contributed by atoms with Gasteiger partial charge in [-0.05, 0) is 38.1 Å². The van der Waals surface area contributed by atoms with Crippen LogP contribution in [-0.2, 0) is 33.3 Å². The van der Waals surface area contributed by atoms with E-state index in [0.717, 1.165) is 12.1 Å². The summed E-state index contributed by atoms with van der Waals surface area (Å²) >= 11 is 0. The van der Waals surface area contributed by atoms with Gasteiger partial charge in [-0.25, -0.2) is 21.2 Å². The smallest absolute Gasteiger partial charge is 0.306 e. The Bertz CT molecular complexity index is 1080. The molecule has 0 aliphatic rings. The van der Waals surface area contributed by atoms with Gasteiger partial charge < -0.3 is 9.05 Å². The number of hydrogen-bond acceptors (Lipinski definition) is 7. The molecule has 0 aliphatic heterocycles. The largest absolute Gasteiger partial charge is 0.383 e. The van der Waals surface area contributed by atoms with Gasteiger partial charge in [0.15, 0.2) is 9.84 Å². The van der Waals surface area contributed by atoms with Crippen LogP contribution in [0.25, 0.3) is 0 Å². The summed E-state index contributed by atoms with van der Waals surface area (Å²) in [6.45, 7) is 2.22. The summed E-state index contributed by atoms with van der Waals surface area (Å²) in [4.78, 5) is -0.559. The highest BCUT2D eigenvalue weighted by Gasteiger charge is 2.62. The number of benzene rings is 2. The fourth-order valence-electron chi connectivity index (χ4n) is 2.77. The highest BCUT2D eigenvalue weighted by Crippen LogP contribution is 2.66. The molecule has 0 aromatic heterocycles. The Morgan fingerprint density at radius 3 is 1.70 bits per heavy atom. The zero-order valence-corrected chi connectivity index (χ0v) is 19.1. The molecule has 0 radical (unpaired) electrons. The Morgan fingerprint density at radius 2 is 1.27 bits per heavy atom. The van der Waals surface area contributed by atoms with E-state index >= 15 is 4.39 Å². The molecule has 0 spiro atoms. The third kappa shape index (κ3) is 4.84. The van der Waals surface area contributed by atoms with E-state index in [0.29, 0.717) is 0 Å². The molecule has 0 bridgehead atoms. The van der Waals surface area contributed by atoms with Gasteiger partial charge in [0.25, 0.3) is 0 Å². The summed E-state index contributed by atoms with van der Waals surface area (Å²) in [5, 5.41) is 0. The van der Waals surface area contributed by atoms with Gasteiger partial charge in [-0.2, -0.15) is 0 Å². The first-order chi connectivity index (χ1) is 14.0. The molecule has 1 atom stereocenters. The Balaban J connectivity index is 2.58. The Labute approximate surface area is 176 Å². The summed E-state index contributed by atoms with van der Waals surface area (Å²) in [7, 11) is -13.9. The second kappa shape index (κ2) is 9.70. The number of hydrogen-bond donors (Lipinski definition) is 0. The molecule has 0 heterocycles. The molecule has 2 rings (SSSR count). The summed E-state index contributed by atoms with van der Waals surface area (Å²) in [6, 6.07) is 13.8. The minimum absolute atomic E-state index is 0.105. The fraction of sp³-hybridized carbons (Fsp3) is 0.368. The van der Waals surface area contributed by atoms with Crippen LogP contribution >= 0.6 is 7.60 Å². The third-order valence-corrected chi connectivity index (χ3v) is 11.5. The quantitative estimate of drug-likeness (QED) is 0.446. The molecule has 0 unspecified atom stereocenters. The number of halogens is 1. The van der Waals surface area contributed by atoms with Crippen molar-refractivity contribution in [3.05, 3.63) is 60.7 Å². The summed E-state index contributed by atoms with van der Waals surface area (Å²) in [5.41, 5.74) is 0. The van der Waals surface area contributed by atoms with Gasteiger partial charge >= 0.3 is 12.3 Å². The first-order valence-electron chi connectivity index (χ1n) is 9.19.